The van der Waals surface area contributed by atoms with Crippen LogP contribution in [0.25, 0.3) is 0 Å². The molecule has 0 spiro atoms. The Balaban J connectivity index is 2.01. The molecule has 1 aliphatic rings. The summed E-state index contributed by atoms with van der Waals surface area (Å²) >= 11 is 3.42. The van der Waals surface area contributed by atoms with Gasteiger partial charge in [-0.25, -0.2) is 4.98 Å². The van der Waals surface area contributed by atoms with E-state index < -0.39 is 0 Å². The number of pyridine rings is 1. The van der Waals surface area contributed by atoms with E-state index in [9.17, 15) is 0 Å². The van der Waals surface area contributed by atoms with Crippen LogP contribution < -0.4 is 4.90 Å². The summed E-state index contributed by atoms with van der Waals surface area (Å²) in [4.78, 5) is 6.85. The lowest BCUT2D eigenvalue weighted by Crippen LogP contribution is -2.38. The molecule has 0 amide bonds. The normalized spacial score (nSPS) is 19.8. The smallest absolute Gasteiger partial charge is 0.128 e. The number of rotatable bonds is 2. The van der Waals surface area contributed by atoms with Crippen LogP contribution in [0, 0.1) is 5.41 Å². The van der Waals surface area contributed by atoms with E-state index in [1.807, 2.05) is 6.20 Å². The van der Waals surface area contributed by atoms with Crippen LogP contribution in [0.1, 0.15) is 33.1 Å². The second kappa shape index (κ2) is 4.74. The molecule has 0 saturated carbocycles. The lowest BCUT2D eigenvalue weighted by molar-refractivity contribution is 0.238. The molecule has 1 fully saturated rings. The van der Waals surface area contributed by atoms with Gasteiger partial charge in [-0.05, 0) is 46.3 Å². The van der Waals surface area contributed by atoms with Crippen LogP contribution in [0.5, 0.6) is 0 Å². The van der Waals surface area contributed by atoms with Crippen LogP contribution in [0.2, 0.25) is 0 Å². The van der Waals surface area contributed by atoms with Gasteiger partial charge in [0.15, 0.2) is 0 Å². The Morgan fingerprint density at radius 3 is 2.56 bits per heavy atom. The molecule has 0 aliphatic carbocycles. The van der Waals surface area contributed by atoms with Crippen molar-refractivity contribution in [1.82, 2.24) is 4.98 Å². The van der Waals surface area contributed by atoms with E-state index in [4.69, 9.17) is 0 Å². The van der Waals surface area contributed by atoms with E-state index in [0.29, 0.717) is 5.41 Å². The van der Waals surface area contributed by atoms with Gasteiger partial charge in [-0.1, -0.05) is 20.3 Å². The Bertz CT molecular complexity index is 339. The molecular weight excluding hydrogens is 264 g/mol. The zero-order chi connectivity index (χ0) is 11.6. The summed E-state index contributed by atoms with van der Waals surface area (Å²) in [5.74, 6) is 1.11. The number of halogens is 1. The number of piperidine rings is 1. The molecule has 3 heteroatoms. The molecule has 1 aromatic heterocycles. The molecule has 0 aromatic carbocycles. The zero-order valence-electron chi connectivity index (χ0n) is 10.0. The molecule has 2 heterocycles. The maximum absolute atomic E-state index is 4.45. The van der Waals surface area contributed by atoms with Crippen LogP contribution >= 0.6 is 15.9 Å². The van der Waals surface area contributed by atoms with Crippen molar-refractivity contribution in [2.75, 3.05) is 18.0 Å². The highest BCUT2D eigenvalue weighted by Gasteiger charge is 2.28. The van der Waals surface area contributed by atoms with E-state index in [-0.39, 0.29) is 0 Å². The Morgan fingerprint density at radius 2 is 2.06 bits per heavy atom. The second-order valence-corrected chi connectivity index (χ2v) is 5.90. The Morgan fingerprint density at radius 1 is 1.38 bits per heavy atom. The van der Waals surface area contributed by atoms with Crippen LogP contribution in [-0.4, -0.2) is 18.1 Å². The van der Waals surface area contributed by atoms with Crippen LogP contribution in [0.3, 0.4) is 0 Å². The van der Waals surface area contributed by atoms with Crippen LogP contribution in [-0.2, 0) is 0 Å². The molecule has 0 radical (unpaired) electrons. The molecule has 0 unspecified atom stereocenters. The SMILES string of the molecule is CCC1(C)CCN(c2ccc(Br)cn2)CC1. The maximum atomic E-state index is 4.45. The van der Waals surface area contributed by atoms with E-state index in [1.54, 1.807) is 0 Å². The van der Waals surface area contributed by atoms with E-state index >= 15 is 0 Å². The van der Waals surface area contributed by atoms with Gasteiger partial charge in [0.05, 0.1) is 0 Å². The zero-order valence-corrected chi connectivity index (χ0v) is 11.6. The molecule has 0 bridgehead atoms. The molecular formula is C13H19BrN2. The Hall–Kier alpha value is -0.570. The first-order valence-electron chi connectivity index (χ1n) is 5.99. The average Bonchev–Trinajstić information content (AvgIpc) is 2.32. The number of hydrogen-bond donors (Lipinski definition) is 0. The van der Waals surface area contributed by atoms with Crippen LogP contribution in [0.15, 0.2) is 22.8 Å². The third-order valence-electron chi connectivity index (χ3n) is 3.86. The number of nitrogens with zero attached hydrogens (tertiary/aromatic N) is 2. The quantitative estimate of drug-likeness (QED) is 0.819. The fourth-order valence-corrected chi connectivity index (χ4v) is 2.42. The Labute approximate surface area is 106 Å². The predicted molar refractivity (Wildman–Crippen MR) is 71.8 cm³/mol. The summed E-state index contributed by atoms with van der Waals surface area (Å²) in [7, 11) is 0. The van der Waals surface area contributed by atoms with Gasteiger partial charge < -0.3 is 4.90 Å². The van der Waals surface area contributed by atoms with Gasteiger partial charge in [-0.15, -0.1) is 0 Å². The largest absolute Gasteiger partial charge is 0.357 e. The van der Waals surface area contributed by atoms with Gasteiger partial charge in [0.1, 0.15) is 5.82 Å². The van der Waals surface area contributed by atoms with Crippen molar-refractivity contribution in [3.63, 3.8) is 0 Å². The third-order valence-corrected chi connectivity index (χ3v) is 4.33. The first-order chi connectivity index (χ1) is 7.63. The molecule has 2 nitrogen and oxygen atoms in total. The standard InChI is InChI=1S/C13H19BrN2/c1-3-13(2)6-8-16(9-7-13)12-5-4-11(14)10-15-12/h4-5,10H,3,6-9H2,1-2H3. The fourth-order valence-electron chi connectivity index (χ4n) is 2.18. The molecule has 0 atom stereocenters. The minimum atomic E-state index is 0.547. The minimum absolute atomic E-state index is 0.547. The van der Waals surface area contributed by atoms with Gasteiger partial charge in [0, 0.05) is 23.8 Å². The van der Waals surface area contributed by atoms with Crippen LogP contribution in [0.4, 0.5) is 5.82 Å². The molecule has 16 heavy (non-hydrogen) atoms. The van der Waals surface area contributed by atoms with Crippen molar-refractivity contribution in [3.05, 3.63) is 22.8 Å². The van der Waals surface area contributed by atoms with E-state index in [0.717, 1.165) is 23.4 Å². The van der Waals surface area contributed by atoms with Crippen molar-refractivity contribution in [2.45, 2.75) is 33.1 Å². The summed E-state index contributed by atoms with van der Waals surface area (Å²) in [6.45, 7) is 6.98. The molecule has 1 aromatic rings. The van der Waals surface area contributed by atoms with E-state index in [1.165, 1.54) is 19.3 Å². The first kappa shape index (κ1) is 11.9. The van der Waals surface area contributed by atoms with Gasteiger partial charge >= 0.3 is 0 Å². The van der Waals surface area contributed by atoms with Gasteiger partial charge in [0.25, 0.3) is 0 Å². The number of aromatic nitrogens is 1. The van der Waals surface area contributed by atoms with Crippen molar-refractivity contribution >= 4 is 21.7 Å². The highest BCUT2D eigenvalue weighted by molar-refractivity contribution is 9.10. The second-order valence-electron chi connectivity index (χ2n) is 4.99. The molecule has 1 aliphatic heterocycles. The monoisotopic (exact) mass is 282 g/mol. The molecule has 88 valence electrons. The lowest BCUT2D eigenvalue weighted by atomic mass is 9.78. The van der Waals surface area contributed by atoms with Gasteiger partial charge in [0.2, 0.25) is 0 Å². The maximum Gasteiger partial charge on any atom is 0.128 e. The highest BCUT2D eigenvalue weighted by Crippen LogP contribution is 2.35. The first-order valence-corrected chi connectivity index (χ1v) is 6.79. The number of hydrogen-bond acceptors (Lipinski definition) is 2. The summed E-state index contributed by atoms with van der Waals surface area (Å²) in [5.41, 5.74) is 0.547. The summed E-state index contributed by atoms with van der Waals surface area (Å²) in [6.07, 6.45) is 5.72. The topological polar surface area (TPSA) is 16.1 Å². The molecule has 2 rings (SSSR count). The highest BCUT2D eigenvalue weighted by atomic mass is 79.9. The van der Waals surface area contributed by atoms with Gasteiger partial charge in [-0.3, -0.25) is 0 Å². The summed E-state index contributed by atoms with van der Waals surface area (Å²) in [5, 5.41) is 0. The number of anilines is 1. The molecule has 1 saturated heterocycles. The summed E-state index contributed by atoms with van der Waals surface area (Å²) < 4.78 is 1.05. The lowest BCUT2D eigenvalue weighted by Gasteiger charge is -2.39. The summed E-state index contributed by atoms with van der Waals surface area (Å²) in [6, 6.07) is 4.16. The Kier molecular flexibility index (Phi) is 3.53. The average molecular weight is 283 g/mol. The minimum Gasteiger partial charge on any atom is -0.357 e. The van der Waals surface area contributed by atoms with E-state index in [2.05, 4.69) is 51.8 Å². The van der Waals surface area contributed by atoms with Crippen molar-refractivity contribution in [1.29, 1.82) is 0 Å². The van der Waals surface area contributed by atoms with Crippen molar-refractivity contribution < 1.29 is 0 Å². The fraction of sp³-hybridized carbons (Fsp3) is 0.615. The van der Waals surface area contributed by atoms with Crippen molar-refractivity contribution in [3.8, 4) is 0 Å². The van der Waals surface area contributed by atoms with Gasteiger partial charge in [-0.2, -0.15) is 0 Å². The third kappa shape index (κ3) is 2.57. The molecule has 0 N–H and O–H groups in total. The predicted octanol–water partition coefficient (Wildman–Crippen LogP) is 3.86. The van der Waals surface area contributed by atoms with Crippen molar-refractivity contribution in [2.24, 2.45) is 5.41 Å².